The second-order valence-electron chi connectivity index (χ2n) is 5.87. The smallest absolute Gasteiger partial charge is 0.255 e. The minimum absolute atomic E-state index is 0.0762. The third-order valence-corrected chi connectivity index (χ3v) is 4.90. The molecule has 4 rings (SSSR count). The first-order valence-corrected chi connectivity index (χ1v) is 9.13. The molecule has 0 aliphatic rings. The molecular weight excluding hydrogens is 370 g/mol. The number of hydrogen-bond donors (Lipinski definition) is 1. The predicted octanol–water partition coefficient (Wildman–Crippen LogP) is 3.99. The first-order valence-electron chi connectivity index (χ1n) is 8.15. The van der Waals surface area contributed by atoms with Crippen LogP contribution in [-0.2, 0) is 12.2 Å². The van der Waals surface area contributed by atoms with E-state index in [1.807, 2.05) is 30.3 Å². The van der Waals surface area contributed by atoms with Crippen molar-refractivity contribution < 1.29 is 13.9 Å². The molecule has 2 aromatic carbocycles. The van der Waals surface area contributed by atoms with Crippen LogP contribution in [0.25, 0.3) is 5.78 Å². The van der Waals surface area contributed by atoms with Crippen LogP contribution in [0.1, 0.15) is 17.1 Å². The van der Waals surface area contributed by atoms with Crippen molar-refractivity contribution in [1.82, 2.24) is 19.6 Å². The van der Waals surface area contributed by atoms with Crippen molar-refractivity contribution in [1.29, 1.82) is 0 Å². The number of aromatic hydroxyl groups is 1. The lowest BCUT2D eigenvalue weighted by atomic mass is 10.1. The molecule has 0 saturated heterocycles. The van der Waals surface area contributed by atoms with Gasteiger partial charge in [0.1, 0.15) is 0 Å². The zero-order valence-corrected chi connectivity index (χ0v) is 14.8. The second kappa shape index (κ2) is 7.32. The number of nitrogens with zero attached hydrogens (tertiary/aromatic N) is 4. The van der Waals surface area contributed by atoms with Crippen LogP contribution in [0, 0.1) is 11.6 Å². The average Bonchev–Trinajstić information content (AvgIpc) is 3.06. The Bertz CT molecular complexity index is 1100. The summed E-state index contributed by atoms with van der Waals surface area (Å²) < 4.78 is 27.6. The van der Waals surface area contributed by atoms with Gasteiger partial charge in [0.25, 0.3) is 5.78 Å². The molecule has 4 aromatic rings. The molecule has 2 heterocycles. The van der Waals surface area contributed by atoms with Crippen LogP contribution in [-0.4, -0.2) is 24.7 Å². The van der Waals surface area contributed by atoms with E-state index in [1.165, 1.54) is 28.4 Å². The van der Waals surface area contributed by atoms with E-state index in [4.69, 9.17) is 0 Å². The van der Waals surface area contributed by atoms with Crippen LogP contribution >= 0.6 is 11.8 Å². The van der Waals surface area contributed by atoms with E-state index in [0.717, 1.165) is 17.7 Å². The lowest BCUT2D eigenvalue weighted by Gasteiger charge is -2.03. The van der Waals surface area contributed by atoms with Gasteiger partial charge in [0, 0.05) is 23.1 Å². The van der Waals surface area contributed by atoms with E-state index >= 15 is 0 Å². The van der Waals surface area contributed by atoms with E-state index in [1.54, 1.807) is 0 Å². The summed E-state index contributed by atoms with van der Waals surface area (Å²) in [6.45, 7) is 0. The van der Waals surface area contributed by atoms with Gasteiger partial charge in [0.2, 0.25) is 5.88 Å². The maximum Gasteiger partial charge on any atom is 0.255 e. The summed E-state index contributed by atoms with van der Waals surface area (Å²) in [4.78, 5) is 9.34. The molecule has 0 atom stereocenters. The monoisotopic (exact) mass is 384 g/mol. The van der Waals surface area contributed by atoms with E-state index < -0.39 is 11.6 Å². The highest BCUT2D eigenvalue weighted by Gasteiger charge is 2.12. The van der Waals surface area contributed by atoms with Gasteiger partial charge in [0.15, 0.2) is 17.5 Å². The zero-order valence-electron chi connectivity index (χ0n) is 14.0. The molecule has 0 bridgehead atoms. The van der Waals surface area contributed by atoms with Crippen LogP contribution in [0.15, 0.2) is 59.5 Å². The molecule has 0 amide bonds. The summed E-state index contributed by atoms with van der Waals surface area (Å²) in [6, 6.07) is 15.0. The zero-order chi connectivity index (χ0) is 18.8. The minimum atomic E-state index is -0.894. The van der Waals surface area contributed by atoms with E-state index in [0.29, 0.717) is 34.4 Å². The van der Waals surface area contributed by atoms with Crippen molar-refractivity contribution in [3.8, 4) is 5.88 Å². The van der Waals surface area contributed by atoms with Crippen molar-refractivity contribution in [3.05, 3.63) is 83.3 Å². The first kappa shape index (κ1) is 17.4. The molecule has 5 nitrogen and oxygen atoms in total. The molecule has 0 fully saturated rings. The first-order chi connectivity index (χ1) is 13.1. The Labute approximate surface area is 157 Å². The maximum atomic E-state index is 13.3. The summed E-state index contributed by atoms with van der Waals surface area (Å²) in [5, 5.41) is 14.5. The van der Waals surface area contributed by atoms with Crippen LogP contribution in [0.4, 0.5) is 8.78 Å². The Hall–Kier alpha value is -3.00. The quantitative estimate of drug-likeness (QED) is 0.527. The van der Waals surface area contributed by atoms with Crippen LogP contribution in [0.5, 0.6) is 5.88 Å². The summed E-state index contributed by atoms with van der Waals surface area (Å²) in [7, 11) is 0. The Morgan fingerprint density at radius 1 is 0.963 bits per heavy atom. The second-order valence-corrected chi connectivity index (χ2v) is 6.92. The van der Waals surface area contributed by atoms with Gasteiger partial charge in [-0.15, -0.1) is 16.9 Å². The van der Waals surface area contributed by atoms with E-state index in [9.17, 15) is 13.9 Å². The van der Waals surface area contributed by atoms with E-state index in [2.05, 4.69) is 15.1 Å². The van der Waals surface area contributed by atoms with Gasteiger partial charge in [0.05, 0.1) is 5.69 Å². The lowest BCUT2D eigenvalue weighted by molar-refractivity contribution is 0.434. The van der Waals surface area contributed by atoms with E-state index in [-0.39, 0.29) is 5.88 Å². The molecule has 0 spiro atoms. The van der Waals surface area contributed by atoms with Crippen molar-refractivity contribution in [2.24, 2.45) is 0 Å². The topological polar surface area (TPSA) is 63.3 Å². The molecule has 0 aliphatic heterocycles. The van der Waals surface area contributed by atoms with Crippen molar-refractivity contribution >= 4 is 17.5 Å². The summed E-state index contributed by atoms with van der Waals surface area (Å²) in [5.41, 5.74) is 1.62. The maximum absolute atomic E-state index is 13.3. The third kappa shape index (κ3) is 3.90. The summed E-state index contributed by atoms with van der Waals surface area (Å²) in [5.74, 6) is -0.639. The highest BCUT2D eigenvalue weighted by Crippen LogP contribution is 2.25. The van der Waals surface area contributed by atoms with Crippen molar-refractivity contribution in [3.63, 3.8) is 0 Å². The fourth-order valence-electron chi connectivity index (χ4n) is 2.59. The number of fused-ring (bicyclic) bond motifs is 1. The SMILES string of the molecule is Oc1cc(CSc2ccc(F)c(F)c2)nc2nc(Cc3ccccc3)nn12. The summed E-state index contributed by atoms with van der Waals surface area (Å²) in [6.07, 6.45) is 0.530. The Morgan fingerprint density at radius 3 is 2.56 bits per heavy atom. The van der Waals surface area contributed by atoms with Gasteiger partial charge in [-0.2, -0.15) is 9.50 Å². The van der Waals surface area contributed by atoms with Gasteiger partial charge in [-0.3, -0.25) is 0 Å². The fraction of sp³-hybridized carbons (Fsp3) is 0.105. The predicted molar refractivity (Wildman–Crippen MR) is 97.6 cm³/mol. The normalized spacial score (nSPS) is 11.2. The highest BCUT2D eigenvalue weighted by molar-refractivity contribution is 7.98. The van der Waals surface area contributed by atoms with Gasteiger partial charge in [-0.05, 0) is 23.8 Å². The molecule has 0 unspecified atom stereocenters. The fourth-order valence-corrected chi connectivity index (χ4v) is 3.41. The average molecular weight is 384 g/mol. The Balaban J connectivity index is 1.54. The van der Waals surface area contributed by atoms with Gasteiger partial charge >= 0.3 is 0 Å². The third-order valence-electron chi connectivity index (χ3n) is 3.87. The summed E-state index contributed by atoms with van der Waals surface area (Å²) >= 11 is 1.29. The molecule has 0 aliphatic carbocycles. The van der Waals surface area contributed by atoms with Crippen LogP contribution < -0.4 is 0 Å². The van der Waals surface area contributed by atoms with Crippen molar-refractivity contribution in [2.45, 2.75) is 17.1 Å². The molecule has 1 N–H and O–H groups in total. The molecule has 0 saturated carbocycles. The molecule has 136 valence electrons. The molecule has 0 radical (unpaired) electrons. The number of rotatable bonds is 5. The number of benzene rings is 2. The molecular formula is C19H14F2N4OS. The van der Waals surface area contributed by atoms with Crippen molar-refractivity contribution in [2.75, 3.05) is 0 Å². The van der Waals surface area contributed by atoms with Gasteiger partial charge < -0.3 is 5.11 Å². The number of thioether (sulfide) groups is 1. The van der Waals surface area contributed by atoms with Gasteiger partial charge in [-0.25, -0.2) is 13.8 Å². The van der Waals surface area contributed by atoms with Crippen LogP contribution in [0.3, 0.4) is 0 Å². The number of hydrogen-bond acceptors (Lipinski definition) is 5. The number of aromatic nitrogens is 4. The molecule has 8 heteroatoms. The molecule has 27 heavy (non-hydrogen) atoms. The molecule has 2 aromatic heterocycles. The number of halogens is 2. The Kier molecular flexibility index (Phi) is 4.72. The highest BCUT2D eigenvalue weighted by atomic mass is 32.2. The standard InChI is InChI=1S/C19H14F2N4OS/c20-15-7-6-14(10-16(15)21)27-11-13-9-18(26)25-19(22-13)23-17(24-25)8-12-4-2-1-3-5-12/h1-7,9-10,26H,8,11H2. The Morgan fingerprint density at radius 2 is 1.78 bits per heavy atom. The largest absolute Gasteiger partial charge is 0.493 e. The minimum Gasteiger partial charge on any atom is -0.493 e. The lowest BCUT2D eigenvalue weighted by Crippen LogP contribution is -1.96. The van der Waals surface area contributed by atoms with Gasteiger partial charge in [-0.1, -0.05) is 30.3 Å². The van der Waals surface area contributed by atoms with Crippen LogP contribution in [0.2, 0.25) is 0 Å².